The van der Waals surface area contributed by atoms with E-state index in [4.69, 9.17) is 15.3 Å². The van der Waals surface area contributed by atoms with Crippen LogP contribution in [0.15, 0.2) is 47.4 Å². The zero-order valence-electron chi connectivity index (χ0n) is 23.0. The van der Waals surface area contributed by atoms with Gasteiger partial charge in [-0.15, -0.1) is 0 Å². The number of benzene rings is 2. The first-order valence-corrected chi connectivity index (χ1v) is 14.0. The number of nitrogens with one attached hydrogen (secondary N) is 2. The molecule has 1 aliphatic carbocycles. The summed E-state index contributed by atoms with van der Waals surface area (Å²) >= 11 is 1.81. The number of anilines is 1. The summed E-state index contributed by atoms with van der Waals surface area (Å²) in [6.07, 6.45) is 7.71. The maximum Gasteiger partial charge on any atom is 0.309 e. The standard InChI is InChI=1S/C15H23NO2S.C10H12N2O2.C4H8.H2S/c1-3-18-14-4-5-15(13(10-14)7-9-17)19-16-8-6-12(2)11-16;1-12-9-5-3-2-4-7(9)8(11)6-10(13)14;1-2-4-3-1;/h4-5,10,12,17H,3,6-9,11H2,1-2H3;2-5,11-12H,6H2,1H3,(H,13,14);1-4H2;1H2/t12-;;;/m0.../s1. The molecule has 2 aromatic carbocycles. The van der Waals surface area contributed by atoms with Gasteiger partial charge in [-0.3, -0.25) is 4.79 Å². The molecule has 0 radical (unpaired) electrons. The number of aliphatic hydroxyl groups is 1. The van der Waals surface area contributed by atoms with Crippen molar-refractivity contribution in [2.75, 3.05) is 38.7 Å². The number of hydrogen-bond donors (Lipinski definition) is 4. The molecule has 0 spiro atoms. The summed E-state index contributed by atoms with van der Waals surface area (Å²) in [5.74, 6) is 0.697. The van der Waals surface area contributed by atoms with Crippen molar-refractivity contribution in [2.24, 2.45) is 5.92 Å². The van der Waals surface area contributed by atoms with Crippen LogP contribution in [0.4, 0.5) is 5.69 Å². The third kappa shape index (κ3) is 12.1. The lowest BCUT2D eigenvalue weighted by Gasteiger charge is -2.17. The van der Waals surface area contributed by atoms with E-state index in [9.17, 15) is 9.90 Å². The Bertz CT molecular complexity index is 982. The van der Waals surface area contributed by atoms with Crippen molar-refractivity contribution in [3.8, 4) is 5.75 Å². The minimum atomic E-state index is -0.985. The molecule has 1 heterocycles. The van der Waals surface area contributed by atoms with Crippen LogP contribution in [0.3, 0.4) is 0 Å². The molecular formula is C29H45N3O4S2. The van der Waals surface area contributed by atoms with E-state index in [2.05, 4.69) is 28.7 Å². The minimum absolute atomic E-state index is 0. The molecular weight excluding hydrogens is 518 g/mol. The number of ether oxygens (including phenoxy) is 1. The fraction of sp³-hybridized carbons (Fsp3) is 0.517. The van der Waals surface area contributed by atoms with E-state index in [-0.39, 0.29) is 32.2 Å². The topological polar surface area (TPSA) is 106 Å². The van der Waals surface area contributed by atoms with Crippen molar-refractivity contribution in [2.45, 2.75) is 63.7 Å². The Balaban J connectivity index is 0.000000333. The minimum Gasteiger partial charge on any atom is -0.494 e. The van der Waals surface area contributed by atoms with E-state index in [0.717, 1.165) is 30.4 Å². The fourth-order valence-electron chi connectivity index (χ4n) is 3.79. The molecule has 0 unspecified atom stereocenters. The zero-order chi connectivity index (χ0) is 27.0. The molecule has 38 heavy (non-hydrogen) atoms. The van der Waals surface area contributed by atoms with Crippen molar-refractivity contribution in [3.63, 3.8) is 0 Å². The Morgan fingerprint density at radius 1 is 1.18 bits per heavy atom. The summed E-state index contributed by atoms with van der Waals surface area (Å²) in [6, 6.07) is 13.4. The van der Waals surface area contributed by atoms with Gasteiger partial charge in [0.15, 0.2) is 0 Å². The van der Waals surface area contributed by atoms with Crippen LogP contribution in [0, 0.1) is 11.3 Å². The predicted molar refractivity (Wildman–Crippen MR) is 164 cm³/mol. The molecule has 1 atom stereocenters. The molecule has 2 fully saturated rings. The van der Waals surface area contributed by atoms with Crippen LogP contribution >= 0.6 is 25.4 Å². The Morgan fingerprint density at radius 2 is 1.87 bits per heavy atom. The summed E-state index contributed by atoms with van der Waals surface area (Å²) < 4.78 is 7.95. The first-order valence-electron chi connectivity index (χ1n) is 13.2. The smallest absolute Gasteiger partial charge is 0.309 e. The average Bonchev–Trinajstić information content (AvgIpc) is 3.24. The highest BCUT2D eigenvalue weighted by molar-refractivity contribution is 7.97. The summed E-state index contributed by atoms with van der Waals surface area (Å²) in [7, 11) is 1.74. The lowest BCUT2D eigenvalue weighted by Crippen LogP contribution is -2.11. The molecule has 2 aliphatic rings. The van der Waals surface area contributed by atoms with E-state index >= 15 is 0 Å². The Hall–Kier alpha value is -2.20. The largest absolute Gasteiger partial charge is 0.494 e. The van der Waals surface area contributed by atoms with Crippen molar-refractivity contribution in [1.82, 2.24) is 4.31 Å². The zero-order valence-corrected chi connectivity index (χ0v) is 24.8. The Labute approximate surface area is 239 Å². The highest BCUT2D eigenvalue weighted by Gasteiger charge is 2.20. The second kappa shape index (κ2) is 19.0. The van der Waals surface area contributed by atoms with Gasteiger partial charge in [-0.05, 0) is 67.5 Å². The molecule has 1 saturated heterocycles. The number of aliphatic carboxylic acids is 1. The van der Waals surface area contributed by atoms with E-state index < -0.39 is 5.97 Å². The third-order valence-electron chi connectivity index (χ3n) is 6.19. The van der Waals surface area contributed by atoms with E-state index in [0.29, 0.717) is 18.6 Å². The molecule has 9 heteroatoms. The number of carbonyl (C=O) groups is 1. The molecule has 212 valence electrons. The van der Waals surface area contributed by atoms with E-state index in [1.807, 2.05) is 37.1 Å². The molecule has 1 saturated carbocycles. The van der Waals surface area contributed by atoms with Gasteiger partial charge in [-0.25, -0.2) is 4.31 Å². The molecule has 7 nitrogen and oxygen atoms in total. The number of para-hydroxylation sites is 1. The monoisotopic (exact) mass is 563 g/mol. The second-order valence-corrected chi connectivity index (χ2v) is 10.4. The van der Waals surface area contributed by atoms with Crippen LogP contribution < -0.4 is 10.1 Å². The van der Waals surface area contributed by atoms with Gasteiger partial charge in [0, 0.05) is 42.9 Å². The quantitative estimate of drug-likeness (QED) is 0.201. The molecule has 4 rings (SSSR count). The SMILES string of the molecule is C1CCC1.CCOc1ccc(SN2CC[C@H](C)C2)c(CCO)c1.CNc1ccccc1C(=N)CC(=O)O.S. The third-order valence-corrected chi connectivity index (χ3v) is 7.37. The number of aliphatic hydroxyl groups excluding tert-OH is 1. The van der Waals surface area contributed by atoms with Crippen LogP contribution in [0.25, 0.3) is 0 Å². The van der Waals surface area contributed by atoms with Gasteiger partial charge in [-0.1, -0.05) is 50.8 Å². The summed E-state index contributed by atoms with van der Waals surface area (Å²) in [6.45, 7) is 7.44. The van der Waals surface area contributed by atoms with Gasteiger partial charge < -0.3 is 25.7 Å². The molecule has 2 aromatic rings. The normalized spacial score (nSPS) is 15.9. The summed E-state index contributed by atoms with van der Waals surface area (Å²) in [5.41, 5.74) is 2.71. The molecule has 0 bridgehead atoms. The average molecular weight is 564 g/mol. The highest BCUT2D eigenvalue weighted by Crippen LogP contribution is 2.33. The number of rotatable bonds is 10. The maximum atomic E-state index is 10.4. The first-order chi connectivity index (χ1) is 17.9. The maximum absolute atomic E-state index is 10.4. The fourth-order valence-corrected chi connectivity index (χ4v) is 5.01. The van der Waals surface area contributed by atoms with Gasteiger partial charge in [-0.2, -0.15) is 13.5 Å². The van der Waals surface area contributed by atoms with Crippen LogP contribution in [0.5, 0.6) is 5.75 Å². The number of carboxylic acids is 1. The lowest BCUT2D eigenvalue weighted by atomic mass is 10.0. The van der Waals surface area contributed by atoms with Crippen molar-refractivity contribution >= 4 is 42.8 Å². The Morgan fingerprint density at radius 3 is 2.39 bits per heavy atom. The van der Waals surface area contributed by atoms with Gasteiger partial charge in [0.2, 0.25) is 0 Å². The Kier molecular flexibility index (Phi) is 16.9. The summed E-state index contributed by atoms with van der Waals surface area (Å²) in [5, 5.41) is 28.3. The van der Waals surface area contributed by atoms with Crippen LogP contribution in [-0.4, -0.2) is 59.6 Å². The molecule has 0 amide bonds. The van der Waals surface area contributed by atoms with Crippen molar-refractivity contribution in [3.05, 3.63) is 53.6 Å². The number of carboxylic acid groups (broad SMARTS) is 1. The van der Waals surface area contributed by atoms with Gasteiger partial charge >= 0.3 is 5.97 Å². The van der Waals surface area contributed by atoms with Crippen LogP contribution in [-0.2, 0) is 11.2 Å². The summed E-state index contributed by atoms with van der Waals surface area (Å²) in [4.78, 5) is 11.7. The van der Waals surface area contributed by atoms with E-state index in [1.54, 1.807) is 19.2 Å². The van der Waals surface area contributed by atoms with Crippen LogP contribution in [0.2, 0.25) is 0 Å². The lowest BCUT2D eigenvalue weighted by molar-refractivity contribution is -0.135. The predicted octanol–water partition coefficient (Wildman–Crippen LogP) is 6.21. The van der Waals surface area contributed by atoms with Gasteiger partial charge in [0.25, 0.3) is 0 Å². The molecule has 1 aliphatic heterocycles. The van der Waals surface area contributed by atoms with Gasteiger partial charge in [0.05, 0.1) is 18.7 Å². The molecule has 4 N–H and O–H groups in total. The number of hydrogen-bond acceptors (Lipinski definition) is 7. The first kappa shape index (κ1) is 33.8. The van der Waals surface area contributed by atoms with Crippen molar-refractivity contribution < 1.29 is 19.7 Å². The van der Waals surface area contributed by atoms with Crippen LogP contribution in [0.1, 0.15) is 63.5 Å². The van der Waals surface area contributed by atoms with Gasteiger partial charge in [0.1, 0.15) is 5.75 Å². The van der Waals surface area contributed by atoms with E-state index in [1.165, 1.54) is 42.6 Å². The van der Waals surface area contributed by atoms with Crippen molar-refractivity contribution in [1.29, 1.82) is 5.41 Å². The second-order valence-electron chi connectivity index (χ2n) is 9.31. The molecule has 0 aromatic heterocycles. The number of nitrogens with zero attached hydrogens (tertiary/aromatic N) is 1. The highest BCUT2D eigenvalue weighted by atomic mass is 32.2.